The van der Waals surface area contributed by atoms with E-state index in [0.29, 0.717) is 34.1 Å². The Bertz CT molecular complexity index is 1160. The van der Waals surface area contributed by atoms with Gasteiger partial charge in [0.15, 0.2) is 0 Å². The molecule has 1 N–H and O–H groups in total. The highest BCUT2D eigenvalue weighted by atomic mass is 35.5. The van der Waals surface area contributed by atoms with Crippen molar-refractivity contribution in [2.75, 3.05) is 20.8 Å². The number of rotatable bonds is 8. The second kappa shape index (κ2) is 10.5. The van der Waals surface area contributed by atoms with Crippen molar-refractivity contribution in [1.82, 2.24) is 5.43 Å². The van der Waals surface area contributed by atoms with Gasteiger partial charge in [-0.2, -0.15) is 5.10 Å². The molecule has 1 amide bonds. The summed E-state index contributed by atoms with van der Waals surface area (Å²) in [5.41, 5.74) is 3.62. The molecule has 166 valence electrons. The van der Waals surface area contributed by atoms with Crippen molar-refractivity contribution in [2.24, 2.45) is 5.10 Å². The number of hydrogen-bond donors (Lipinski definition) is 1. The fraction of sp³-hybridized carbons (Fsp3) is 0.174. The van der Waals surface area contributed by atoms with Crippen molar-refractivity contribution in [3.8, 4) is 22.8 Å². The largest absolute Gasteiger partial charge is 0.497 e. The summed E-state index contributed by atoms with van der Waals surface area (Å²) in [7, 11) is 2.99. The third-order valence-corrected chi connectivity index (χ3v) is 4.71. The number of halogens is 1. The number of nitrogens with one attached hydrogen (secondary N) is 1. The summed E-state index contributed by atoms with van der Waals surface area (Å²) in [5.74, 6) is 0.857. The Morgan fingerprint density at radius 1 is 1.06 bits per heavy atom. The van der Waals surface area contributed by atoms with Gasteiger partial charge in [0, 0.05) is 11.6 Å². The topological polar surface area (TPSA) is 99.4 Å². The predicted molar refractivity (Wildman–Crippen MR) is 120 cm³/mol. The summed E-state index contributed by atoms with van der Waals surface area (Å²) in [4.78, 5) is 24.4. The summed E-state index contributed by atoms with van der Waals surface area (Å²) in [6.45, 7) is 1.96. The van der Waals surface area contributed by atoms with Crippen molar-refractivity contribution in [3.63, 3.8) is 0 Å². The van der Waals surface area contributed by atoms with Crippen molar-refractivity contribution in [3.05, 3.63) is 70.4 Å². The van der Waals surface area contributed by atoms with Gasteiger partial charge in [0.25, 0.3) is 5.91 Å². The first kappa shape index (κ1) is 22.9. The molecule has 0 unspecified atom stereocenters. The van der Waals surface area contributed by atoms with E-state index in [-0.39, 0.29) is 17.2 Å². The molecule has 0 aliphatic carbocycles. The molecule has 0 spiro atoms. The number of methoxy groups -OCH3 is 2. The molecule has 0 saturated carbocycles. The van der Waals surface area contributed by atoms with Crippen LogP contribution in [0.2, 0.25) is 5.02 Å². The maximum atomic E-state index is 12.4. The Kier molecular flexibility index (Phi) is 7.51. The Labute approximate surface area is 189 Å². The summed E-state index contributed by atoms with van der Waals surface area (Å²) < 4.78 is 21.1. The van der Waals surface area contributed by atoms with Crippen LogP contribution in [0.15, 0.2) is 58.0 Å². The molecule has 1 aromatic heterocycles. The smallest absolute Gasteiger partial charge is 0.339 e. The standard InChI is InChI=1S/C23H21ClN2O6/c1-4-31-23(28)18-11-14(5-9-19(18)24)20-10-7-16(32-20)13-25-26-22(27)17-8-6-15(29-2)12-21(17)30-3/h5-13H,4H2,1-3H3,(H,26,27). The van der Waals surface area contributed by atoms with E-state index in [1.165, 1.54) is 20.4 Å². The third-order valence-electron chi connectivity index (χ3n) is 4.38. The minimum Gasteiger partial charge on any atom is -0.497 e. The third kappa shape index (κ3) is 5.28. The Balaban J connectivity index is 1.71. The van der Waals surface area contributed by atoms with E-state index in [2.05, 4.69) is 10.5 Å². The number of carbonyl (C=O) groups is 2. The van der Waals surface area contributed by atoms with Gasteiger partial charge in [0.2, 0.25) is 0 Å². The van der Waals surface area contributed by atoms with E-state index in [0.717, 1.165) is 0 Å². The average molecular weight is 457 g/mol. The zero-order valence-electron chi connectivity index (χ0n) is 17.7. The minimum atomic E-state index is -0.510. The Morgan fingerprint density at radius 3 is 2.59 bits per heavy atom. The number of ether oxygens (including phenoxy) is 3. The van der Waals surface area contributed by atoms with Gasteiger partial charge in [-0.15, -0.1) is 0 Å². The molecule has 0 aliphatic rings. The van der Waals surface area contributed by atoms with Crippen LogP contribution in [0.3, 0.4) is 0 Å². The van der Waals surface area contributed by atoms with E-state index in [1.54, 1.807) is 55.5 Å². The highest BCUT2D eigenvalue weighted by Gasteiger charge is 2.15. The molecule has 3 aromatic rings. The van der Waals surface area contributed by atoms with E-state index >= 15 is 0 Å². The van der Waals surface area contributed by atoms with Crippen LogP contribution in [0.1, 0.15) is 33.4 Å². The van der Waals surface area contributed by atoms with Crippen molar-refractivity contribution < 1.29 is 28.2 Å². The number of furan rings is 1. The van der Waals surface area contributed by atoms with Crippen LogP contribution >= 0.6 is 11.6 Å². The van der Waals surface area contributed by atoms with Crippen LogP contribution in [0.4, 0.5) is 0 Å². The molecule has 1 heterocycles. The number of carbonyl (C=O) groups excluding carboxylic acids is 2. The monoisotopic (exact) mass is 456 g/mol. The fourth-order valence-electron chi connectivity index (χ4n) is 2.82. The molecule has 0 radical (unpaired) electrons. The number of hydrazone groups is 1. The first-order valence-electron chi connectivity index (χ1n) is 9.59. The van der Waals surface area contributed by atoms with Crippen LogP contribution in [0.25, 0.3) is 11.3 Å². The van der Waals surface area contributed by atoms with E-state index in [9.17, 15) is 9.59 Å². The second-order valence-electron chi connectivity index (χ2n) is 6.38. The molecule has 0 aliphatic heterocycles. The van der Waals surface area contributed by atoms with Gasteiger partial charge >= 0.3 is 5.97 Å². The summed E-state index contributed by atoms with van der Waals surface area (Å²) in [5, 5.41) is 4.22. The number of nitrogens with zero attached hydrogens (tertiary/aromatic N) is 1. The van der Waals surface area contributed by atoms with Gasteiger partial charge in [0.1, 0.15) is 23.0 Å². The average Bonchev–Trinajstić information content (AvgIpc) is 3.27. The quantitative estimate of drug-likeness (QED) is 0.303. The first-order chi connectivity index (χ1) is 15.5. The zero-order valence-corrected chi connectivity index (χ0v) is 18.4. The summed E-state index contributed by atoms with van der Waals surface area (Å²) >= 11 is 6.10. The van der Waals surface area contributed by atoms with Crippen molar-refractivity contribution >= 4 is 29.7 Å². The maximum absolute atomic E-state index is 12.4. The molecule has 8 nitrogen and oxygen atoms in total. The van der Waals surface area contributed by atoms with Crippen LogP contribution < -0.4 is 14.9 Å². The van der Waals surface area contributed by atoms with Gasteiger partial charge in [-0.1, -0.05) is 11.6 Å². The van der Waals surface area contributed by atoms with Crippen LogP contribution in [-0.4, -0.2) is 38.9 Å². The van der Waals surface area contributed by atoms with Gasteiger partial charge in [0.05, 0.1) is 43.2 Å². The highest BCUT2D eigenvalue weighted by Crippen LogP contribution is 2.27. The lowest BCUT2D eigenvalue weighted by Crippen LogP contribution is -2.18. The van der Waals surface area contributed by atoms with Crippen molar-refractivity contribution in [1.29, 1.82) is 0 Å². The van der Waals surface area contributed by atoms with E-state index in [1.807, 2.05) is 0 Å². The molecule has 2 aromatic carbocycles. The highest BCUT2D eigenvalue weighted by molar-refractivity contribution is 6.33. The summed E-state index contributed by atoms with van der Waals surface area (Å²) in [6, 6.07) is 13.1. The zero-order chi connectivity index (χ0) is 23.1. The molecule has 3 rings (SSSR count). The minimum absolute atomic E-state index is 0.245. The number of hydrogen-bond acceptors (Lipinski definition) is 7. The van der Waals surface area contributed by atoms with Gasteiger partial charge < -0.3 is 18.6 Å². The lowest BCUT2D eigenvalue weighted by atomic mass is 10.1. The Hall–Kier alpha value is -3.78. The molecule has 0 bridgehead atoms. The molecule has 32 heavy (non-hydrogen) atoms. The molecular weight excluding hydrogens is 436 g/mol. The SMILES string of the molecule is CCOC(=O)c1cc(-c2ccc(C=NNC(=O)c3ccc(OC)cc3OC)o2)ccc1Cl. The normalized spacial score (nSPS) is 10.8. The second-order valence-corrected chi connectivity index (χ2v) is 6.79. The lowest BCUT2D eigenvalue weighted by Gasteiger charge is -2.08. The van der Waals surface area contributed by atoms with Gasteiger partial charge in [-0.25, -0.2) is 10.2 Å². The molecule has 9 heteroatoms. The van der Waals surface area contributed by atoms with Crippen LogP contribution in [0, 0.1) is 0 Å². The molecule has 0 atom stereocenters. The Morgan fingerprint density at radius 2 is 1.88 bits per heavy atom. The van der Waals surface area contributed by atoms with Crippen molar-refractivity contribution in [2.45, 2.75) is 6.92 Å². The summed E-state index contributed by atoms with van der Waals surface area (Å²) in [6.07, 6.45) is 1.36. The van der Waals surface area contributed by atoms with Gasteiger partial charge in [-0.05, 0) is 49.4 Å². The molecule has 0 saturated heterocycles. The van der Waals surface area contributed by atoms with E-state index < -0.39 is 11.9 Å². The van der Waals surface area contributed by atoms with E-state index in [4.69, 9.17) is 30.2 Å². The number of amides is 1. The number of esters is 1. The fourth-order valence-corrected chi connectivity index (χ4v) is 3.02. The maximum Gasteiger partial charge on any atom is 0.339 e. The van der Waals surface area contributed by atoms with Crippen LogP contribution in [-0.2, 0) is 4.74 Å². The molecule has 0 fully saturated rings. The van der Waals surface area contributed by atoms with Crippen LogP contribution in [0.5, 0.6) is 11.5 Å². The molecular formula is C23H21ClN2O6. The predicted octanol–water partition coefficient (Wildman–Crippen LogP) is 4.56. The number of benzene rings is 2. The van der Waals surface area contributed by atoms with Gasteiger partial charge in [-0.3, -0.25) is 4.79 Å². The first-order valence-corrected chi connectivity index (χ1v) is 9.97. The lowest BCUT2D eigenvalue weighted by molar-refractivity contribution is 0.0526.